The van der Waals surface area contributed by atoms with Crippen molar-refractivity contribution in [3.8, 4) is 0 Å². The van der Waals surface area contributed by atoms with Crippen molar-refractivity contribution in [3.63, 3.8) is 0 Å². The van der Waals surface area contributed by atoms with Gasteiger partial charge in [0.05, 0.1) is 0 Å². The standard InChI is InChI=1S/C10H15FN2/c1-2-9(11)10(12)7-8-5-3-4-6-13-8/h3-6,9-10H,2,7,12H2,1H3/t9-,10?/m0/s1. The van der Waals surface area contributed by atoms with Gasteiger partial charge in [0.1, 0.15) is 6.17 Å². The molecule has 1 aromatic heterocycles. The van der Waals surface area contributed by atoms with Gasteiger partial charge >= 0.3 is 0 Å². The molecule has 0 aliphatic carbocycles. The second kappa shape index (κ2) is 4.92. The summed E-state index contributed by atoms with van der Waals surface area (Å²) >= 11 is 0. The lowest BCUT2D eigenvalue weighted by atomic mass is 10.1. The van der Waals surface area contributed by atoms with Crippen LogP contribution in [0.15, 0.2) is 24.4 Å². The molecule has 0 aliphatic rings. The highest BCUT2D eigenvalue weighted by Crippen LogP contribution is 2.06. The molecule has 1 unspecified atom stereocenters. The molecule has 2 N–H and O–H groups in total. The first-order chi connectivity index (χ1) is 6.24. The Labute approximate surface area is 78.0 Å². The molecule has 13 heavy (non-hydrogen) atoms. The van der Waals surface area contributed by atoms with Crippen LogP contribution >= 0.6 is 0 Å². The first-order valence-corrected chi connectivity index (χ1v) is 4.53. The summed E-state index contributed by atoms with van der Waals surface area (Å²) in [4.78, 5) is 4.09. The quantitative estimate of drug-likeness (QED) is 0.769. The third kappa shape index (κ3) is 3.11. The maximum atomic E-state index is 13.1. The number of hydrogen-bond acceptors (Lipinski definition) is 2. The van der Waals surface area contributed by atoms with E-state index in [1.54, 1.807) is 13.1 Å². The summed E-state index contributed by atoms with van der Waals surface area (Å²) < 4.78 is 13.1. The van der Waals surface area contributed by atoms with Crippen molar-refractivity contribution in [1.29, 1.82) is 0 Å². The Morgan fingerprint density at radius 3 is 2.85 bits per heavy atom. The molecule has 0 bridgehead atoms. The highest BCUT2D eigenvalue weighted by atomic mass is 19.1. The van der Waals surface area contributed by atoms with Crippen molar-refractivity contribution < 1.29 is 4.39 Å². The summed E-state index contributed by atoms with van der Waals surface area (Å²) in [6, 6.07) is 5.15. The van der Waals surface area contributed by atoms with E-state index >= 15 is 0 Å². The third-order valence-electron chi connectivity index (χ3n) is 2.03. The number of rotatable bonds is 4. The summed E-state index contributed by atoms with van der Waals surface area (Å²) in [7, 11) is 0. The van der Waals surface area contributed by atoms with Gasteiger partial charge in [-0.2, -0.15) is 0 Å². The molecule has 1 heterocycles. The summed E-state index contributed by atoms with van der Waals surface area (Å²) in [6.07, 6.45) is 1.74. The number of halogens is 1. The normalized spacial score (nSPS) is 15.3. The Balaban J connectivity index is 2.50. The minimum atomic E-state index is -0.929. The van der Waals surface area contributed by atoms with Gasteiger partial charge in [-0.15, -0.1) is 0 Å². The number of alkyl halides is 1. The lowest BCUT2D eigenvalue weighted by molar-refractivity contribution is 0.271. The van der Waals surface area contributed by atoms with Crippen LogP contribution in [-0.4, -0.2) is 17.2 Å². The van der Waals surface area contributed by atoms with Crippen LogP contribution in [0.1, 0.15) is 19.0 Å². The van der Waals surface area contributed by atoms with Crippen LogP contribution < -0.4 is 5.73 Å². The van der Waals surface area contributed by atoms with Crippen LogP contribution in [0.2, 0.25) is 0 Å². The Bertz CT molecular complexity index is 238. The zero-order chi connectivity index (χ0) is 9.68. The smallest absolute Gasteiger partial charge is 0.115 e. The van der Waals surface area contributed by atoms with Crippen LogP contribution in [0.25, 0.3) is 0 Å². The first-order valence-electron chi connectivity index (χ1n) is 4.53. The van der Waals surface area contributed by atoms with E-state index < -0.39 is 12.2 Å². The van der Waals surface area contributed by atoms with Gasteiger partial charge in [-0.3, -0.25) is 4.98 Å². The predicted molar refractivity (Wildman–Crippen MR) is 51.1 cm³/mol. The highest BCUT2D eigenvalue weighted by Gasteiger charge is 2.15. The fraction of sp³-hybridized carbons (Fsp3) is 0.500. The van der Waals surface area contributed by atoms with Gasteiger partial charge in [0.15, 0.2) is 0 Å². The Morgan fingerprint density at radius 2 is 2.31 bits per heavy atom. The number of pyridine rings is 1. The van der Waals surface area contributed by atoms with Gasteiger partial charge in [-0.1, -0.05) is 13.0 Å². The summed E-state index contributed by atoms with van der Waals surface area (Å²) in [5, 5.41) is 0. The van der Waals surface area contributed by atoms with Gasteiger partial charge in [-0.25, -0.2) is 4.39 Å². The van der Waals surface area contributed by atoms with Crippen molar-refractivity contribution >= 4 is 0 Å². The lowest BCUT2D eigenvalue weighted by Crippen LogP contribution is -2.33. The van der Waals surface area contributed by atoms with E-state index in [9.17, 15) is 4.39 Å². The molecule has 72 valence electrons. The molecule has 0 aliphatic heterocycles. The van der Waals surface area contributed by atoms with Crippen LogP contribution in [0.5, 0.6) is 0 Å². The fourth-order valence-corrected chi connectivity index (χ4v) is 1.19. The first kappa shape index (κ1) is 10.1. The van der Waals surface area contributed by atoms with Crippen LogP contribution in [-0.2, 0) is 6.42 Å². The monoisotopic (exact) mass is 182 g/mol. The van der Waals surface area contributed by atoms with E-state index in [1.807, 2.05) is 18.2 Å². The van der Waals surface area contributed by atoms with Crippen molar-refractivity contribution in [1.82, 2.24) is 4.98 Å². The largest absolute Gasteiger partial charge is 0.325 e. The van der Waals surface area contributed by atoms with Crippen molar-refractivity contribution in [3.05, 3.63) is 30.1 Å². The second-order valence-electron chi connectivity index (χ2n) is 3.11. The molecular weight excluding hydrogens is 167 g/mol. The average Bonchev–Trinajstić information content (AvgIpc) is 2.18. The van der Waals surface area contributed by atoms with Crippen molar-refractivity contribution in [2.75, 3.05) is 0 Å². The Kier molecular flexibility index (Phi) is 3.83. The van der Waals surface area contributed by atoms with Gasteiger partial charge in [0.2, 0.25) is 0 Å². The van der Waals surface area contributed by atoms with E-state index in [-0.39, 0.29) is 0 Å². The third-order valence-corrected chi connectivity index (χ3v) is 2.03. The Morgan fingerprint density at radius 1 is 1.54 bits per heavy atom. The molecule has 3 heteroatoms. The molecule has 0 saturated carbocycles. The number of nitrogens with two attached hydrogens (primary N) is 1. The molecule has 0 aromatic carbocycles. The van der Waals surface area contributed by atoms with E-state index in [1.165, 1.54) is 0 Å². The summed E-state index contributed by atoms with van der Waals surface area (Å²) in [5.74, 6) is 0. The van der Waals surface area contributed by atoms with Crippen LogP contribution in [0, 0.1) is 0 Å². The summed E-state index contributed by atoms with van der Waals surface area (Å²) in [6.45, 7) is 1.79. The SMILES string of the molecule is CC[C@H](F)C(N)Cc1ccccn1. The van der Waals surface area contributed by atoms with E-state index in [2.05, 4.69) is 4.98 Å². The highest BCUT2D eigenvalue weighted by molar-refractivity contribution is 5.05. The molecule has 0 spiro atoms. The van der Waals surface area contributed by atoms with Crippen LogP contribution in [0.4, 0.5) is 4.39 Å². The zero-order valence-corrected chi connectivity index (χ0v) is 7.78. The predicted octanol–water partition coefficient (Wildman–Crippen LogP) is 1.70. The minimum absolute atomic E-state index is 0.431. The molecule has 2 atom stereocenters. The van der Waals surface area contributed by atoms with Gasteiger partial charge in [-0.05, 0) is 18.6 Å². The molecule has 1 rings (SSSR count). The van der Waals surface area contributed by atoms with Crippen LogP contribution in [0.3, 0.4) is 0 Å². The van der Waals surface area contributed by atoms with Gasteiger partial charge in [0, 0.05) is 24.4 Å². The fourth-order valence-electron chi connectivity index (χ4n) is 1.19. The second-order valence-corrected chi connectivity index (χ2v) is 3.11. The van der Waals surface area contributed by atoms with E-state index in [0.29, 0.717) is 12.8 Å². The van der Waals surface area contributed by atoms with Gasteiger partial charge in [0.25, 0.3) is 0 Å². The molecule has 1 aromatic rings. The van der Waals surface area contributed by atoms with E-state index in [4.69, 9.17) is 5.73 Å². The zero-order valence-electron chi connectivity index (χ0n) is 7.78. The van der Waals surface area contributed by atoms with Gasteiger partial charge < -0.3 is 5.73 Å². The molecule has 2 nitrogen and oxygen atoms in total. The number of aromatic nitrogens is 1. The topological polar surface area (TPSA) is 38.9 Å². The van der Waals surface area contributed by atoms with Crippen molar-refractivity contribution in [2.24, 2.45) is 5.73 Å². The van der Waals surface area contributed by atoms with E-state index in [0.717, 1.165) is 5.69 Å². The average molecular weight is 182 g/mol. The minimum Gasteiger partial charge on any atom is -0.325 e. The number of hydrogen-bond donors (Lipinski definition) is 1. The molecule has 0 amide bonds. The molecule has 0 radical (unpaired) electrons. The molecule has 0 saturated heterocycles. The number of nitrogens with zero attached hydrogens (tertiary/aromatic N) is 1. The summed E-state index contributed by atoms with van der Waals surface area (Å²) in [5.41, 5.74) is 6.50. The lowest BCUT2D eigenvalue weighted by Gasteiger charge is -2.14. The molecule has 0 fully saturated rings. The molecular formula is C10H15FN2. The van der Waals surface area contributed by atoms with Crippen molar-refractivity contribution in [2.45, 2.75) is 32.0 Å². The Hall–Kier alpha value is -0.960. The maximum Gasteiger partial charge on any atom is 0.115 e. The maximum absolute atomic E-state index is 13.1.